The zero-order valence-corrected chi connectivity index (χ0v) is 16.7. The fourth-order valence-corrected chi connectivity index (χ4v) is 4.30. The number of esters is 1. The van der Waals surface area contributed by atoms with Gasteiger partial charge >= 0.3 is 5.97 Å². The number of carbonyl (C=O) groups is 3. The standard InChI is InChI=1S/C18H16Cl2N2O4S/c1-26-18(25)14-4-5-15(27-14)21-16(23)13-3-2-6-22(13)17(24)10-7-11(19)9-12(20)8-10/h4-5,7-9,13H,2-3,6H2,1H3,(H,21,23). The Morgan fingerprint density at radius 2 is 1.89 bits per heavy atom. The van der Waals surface area contributed by atoms with Crippen LogP contribution in [0.4, 0.5) is 5.00 Å². The Hall–Kier alpha value is -2.09. The van der Waals surface area contributed by atoms with Crippen molar-refractivity contribution in [2.75, 3.05) is 19.0 Å². The van der Waals surface area contributed by atoms with Gasteiger partial charge in [-0.3, -0.25) is 9.59 Å². The second kappa shape index (κ2) is 8.29. The molecule has 27 heavy (non-hydrogen) atoms. The van der Waals surface area contributed by atoms with Gasteiger partial charge in [-0.1, -0.05) is 23.2 Å². The lowest BCUT2D eigenvalue weighted by atomic mass is 10.1. The van der Waals surface area contributed by atoms with Crippen LogP contribution in [0.15, 0.2) is 30.3 Å². The van der Waals surface area contributed by atoms with E-state index in [-0.39, 0.29) is 11.8 Å². The summed E-state index contributed by atoms with van der Waals surface area (Å²) in [6.07, 6.45) is 1.27. The lowest BCUT2D eigenvalue weighted by Crippen LogP contribution is -2.43. The van der Waals surface area contributed by atoms with Gasteiger partial charge in [0, 0.05) is 22.2 Å². The predicted molar refractivity (Wildman–Crippen MR) is 105 cm³/mol. The van der Waals surface area contributed by atoms with E-state index in [2.05, 4.69) is 10.1 Å². The number of carbonyl (C=O) groups excluding carboxylic acids is 3. The first-order valence-electron chi connectivity index (χ1n) is 8.15. The Morgan fingerprint density at radius 3 is 2.56 bits per heavy atom. The van der Waals surface area contributed by atoms with Crippen LogP contribution in [0, 0.1) is 0 Å². The molecule has 0 spiro atoms. The molecule has 0 radical (unpaired) electrons. The summed E-state index contributed by atoms with van der Waals surface area (Å²) in [6, 6.07) is 7.23. The summed E-state index contributed by atoms with van der Waals surface area (Å²) in [7, 11) is 1.30. The molecule has 1 fully saturated rings. The van der Waals surface area contributed by atoms with Gasteiger partial charge in [-0.05, 0) is 43.2 Å². The molecular formula is C18H16Cl2N2O4S. The number of ether oxygens (including phenoxy) is 1. The normalized spacial score (nSPS) is 16.3. The minimum Gasteiger partial charge on any atom is -0.465 e. The van der Waals surface area contributed by atoms with Gasteiger partial charge in [0.2, 0.25) is 5.91 Å². The average molecular weight is 427 g/mol. The summed E-state index contributed by atoms with van der Waals surface area (Å²) in [5.41, 5.74) is 0.344. The molecule has 1 aromatic heterocycles. The summed E-state index contributed by atoms with van der Waals surface area (Å²) in [4.78, 5) is 38.9. The number of nitrogens with one attached hydrogen (secondary N) is 1. The quantitative estimate of drug-likeness (QED) is 0.746. The number of nitrogens with zero attached hydrogens (tertiary/aromatic N) is 1. The van der Waals surface area contributed by atoms with Gasteiger partial charge in [0.1, 0.15) is 10.9 Å². The fraction of sp³-hybridized carbons (Fsp3) is 0.278. The van der Waals surface area contributed by atoms with E-state index in [1.807, 2.05) is 0 Å². The lowest BCUT2D eigenvalue weighted by molar-refractivity contribution is -0.119. The predicted octanol–water partition coefficient (Wildman–Crippen LogP) is 4.08. The van der Waals surface area contributed by atoms with Gasteiger partial charge in [0.05, 0.1) is 12.1 Å². The van der Waals surface area contributed by atoms with Crippen LogP contribution in [0.5, 0.6) is 0 Å². The van der Waals surface area contributed by atoms with Crippen molar-refractivity contribution in [3.05, 3.63) is 50.8 Å². The van der Waals surface area contributed by atoms with E-state index in [4.69, 9.17) is 23.2 Å². The summed E-state index contributed by atoms with van der Waals surface area (Å²) in [5.74, 6) is -1.05. The first-order valence-corrected chi connectivity index (χ1v) is 9.72. The number of likely N-dealkylation sites (tertiary alicyclic amines) is 1. The highest BCUT2D eigenvalue weighted by atomic mass is 35.5. The van der Waals surface area contributed by atoms with Crippen LogP contribution in [-0.2, 0) is 9.53 Å². The largest absolute Gasteiger partial charge is 0.465 e. The molecule has 0 saturated carbocycles. The number of benzene rings is 1. The smallest absolute Gasteiger partial charge is 0.348 e. The monoisotopic (exact) mass is 426 g/mol. The van der Waals surface area contributed by atoms with E-state index >= 15 is 0 Å². The van der Waals surface area contributed by atoms with Gasteiger partial charge in [0.15, 0.2) is 0 Å². The van der Waals surface area contributed by atoms with Crippen LogP contribution in [0.2, 0.25) is 10.0 Å². The number of thiophene rings is 1. The molecule has 1 aliphatic rings. The molecule has 2 aromatic rings. The molecule has 1 unspecified atom stereocenters. The molecule has 2 heterocycles. The van der Waals surface area contributed by atoms with Crippen LogP contribution in [0.25, 0.3) is 0 Å². The molecule has 0 aliphatic carbocycles. The maximum Gasteiger partial charge on any atom is 0.348 e. The minimum absolute atomic E-state index is 0.293. The molecule has 3 rings (SSSR count). The lowest BCUT2D eigenvalue weighted by Gasteiger charge is -2.24. The third kappa shape index (κ3) is 4.43. The topological polar surface area (TPSA) is 75.7 Å². The molecule has 1 aromatic carbocycles. The van der Waals surface area contributed by atoms with E-state index < -0.39 is 12.0 Å². The fourth-order valence-electron chi connectivity index (χ4n) is 2.95. The molecule has 1 atom stereocenters. The van der Waals surface area contributed by atoms with Crippen molar-refractivity contribution in [1.29, 1.82) is 0 Å². The van der Waals surface area contributed by atoms with Gasteiger partial charge in [0.25, 0.3) is 5.91 Å². The van der Waals surface area contributed by atoms with Gasteiger partial charge in [-0.15, -0.1) is 11.3 Å². The van der Waals surface area contributed by atoms with Gasteiger partial charge in [-0.25, -0.2) is 4.79 Å². The highest BCUT2D eigenvalue weighted by Crippen LogP contribution is 2.27. The van der Waals surface area contributed by atoms with Crippen molar-refractivity contribution in [2.45, 2.75) is 18.9 Å². The van der Waals surface area contributed by atoms with E-state index in [1.165, 1.54) is 24.1 Å². The molecule has 2 amide bonds. The van der Waals surface area contributed by atoms with Crippen molar-refractivity contribution in [3.63, 3.8) is 0 Å². The van der Waals surface area contributed by atoms with Crippen LogP contribution in [0.1, 0.15) is 32.9 Å². The number of amides is 2. The van der Waals surface area contributed by atoms with Crippen molar-refractivity contribution in [3.8, 4) is 0 Å². The summed E-state index contributed by atoms with van der Waals surface area (Å²) in [5, 5.41) is 4.01. The highest BCUT2D eigenvalue weighted by molar-refractivity contribution is 7.18. The molecular weight excluding hydrogens is 411 g/mol. The second-order valence-corrected chi connectivity index (χ2v) is 7.92. The maximum absolute atomic E-state index is 12.8. The Balaban J connectivity index is 1.73. The molecule has 6 nitrogen and oxygen atoms in total. The zero-order chi connectivity index (χ0) is 19.6. The number of hydrogen-bond donors (Lipinski definition) is 1. The van der Waals surface area contributed by atoms with Crippen LogP contribution >= 0.6 is 34.5 Å². The van der Waals surface area contributed by atoms with Crippen LogP contribution < -0.4 is 5.32 Å². The number of rotatable bonds is 4. The Morgan fingerprint density at radius 1 is 1.19 bits per heavy atom. The zero-order valence-electron chi connectivity index (χ0n) is 14.3. The third-order valence-electron chi connectivity index (χ3n) is 4.16. The van der Waals surface area contributed by atoms with Gasteiger partial charge in [-0.2, -0.15) is 0 Å². The molecule has 1 saturated heterocycles. The van der Waals surface area contributed by atoms with Crippen LogP contribution in [-0.4, -0.2) is 42.4 Å². The van der Waals surface area contributed by atoms with Gasteiger partial charge < -0.3 is 15.0 Å². The van der Waals surface area contributed by atoms with Crippen molar-refractivity contribution < 1.29 is 19.1 Å². The van der Waals surface area contributed by atoms with E-state index in [1.54, 1.807) is 18.2 Å². The third-order valence-corrected chi connectivity index (χ3v) is 5.58. The van der Waals surface area contributed by atoms with E-state index in [9.17, 15) is 14.4 Å². The molecule has 1 N–H and O–H groups in total. The Kier molecular flexibility index (Phi) is 6.04. The van der Waals surface area contributed by atoms with Crippen molar-refractivity contribution >= 4 is 57.3 Å². The summed E-state index contributed by atoms with van der Waals surface area (Å²) in [6.45, 7) is 0.471. The SMILES string of the molecule is COC(=O)c1ccc(NC(=O)C2CCCN2C(=O)c2cc(Cl)cc(Cl)c2)s1. The van der Waals surface area contributed by atoms with E-state index in [0.29, 0.717) is 38.5 Å². The first kappa shape index (κ1) is 19.7. The second-order valence-electron chi connectivity index (χ2n) is 5.96. The summed E-state index contributed by atoms with van der Waals surface area (Å²) < 4.78 is 4.66. The molecule has 9 heteroatoms. The molecule has 142 valence electrons. The number of methoxy groups -OCH3 is 1. The first-order chi connectivity index (χ1) is 12.9. The average Bonchev–Trinajstić information content (AvgIpc) is 3.29. The minimum atomic E-state index is -0.598. The van der Waals surface area contributed by atoms with Crippen molar-refractivity contribution in [1.82, 2.24) is 4.90 Å². The van der Waals surface area contributed by atoms with Crippen molar-refractivity contribution in [2.24, 2.45) is 0 Å². The maximum atomic E-state index is 12.8. The summed E-state index contributed by atoms with van der Waals surface area (Å²) >= 11 is 13.1. The number of halogens is 2. The van der Waals surface area contributed by atoms with Crippen LogP contribution in [0.3, 0.4) is 0 Å². The molecule has 1 aliphatic heterocycles. The highest BCUT2D eigenvalue weighted by Gasteiger charge is 2.35. The Labute approximate surface area is 170 Å². The Bertz CT molecular complexity index is 879. The number of anilines is 1. The van der Waals surface area contributed by atoms with E-state index in [0.717, 1.165) is 17.8 Å². The molecule has 0 bridgehead atoms. The number of hydrogen-bond acceptors (Lipinski definition) is 5.